The van der Waals surface area contributed by atoms with Crippen LogP contribution in [0.4, 0.5) is 16.6 Å². The number of ketones is 2. The molecule has 127 heavy (non-hydrogen) atoms. The molecule has 9 heterocycles. The molecule has 0 radical (unpaired) electrons. The van der Waals surface area contributed by atoms with Gasteiger partial charge in [0.25, 0.3) is 11.9 Å². The molecule has 31 nitrogen and oxygen atoms in total. The van der Waals surface area contributed by atoms with E-state index in [1.165, 1.54) is 17.5 Å². The lowest BCUT2D eigenvalue weighted by atomic mass is 9.82. The number of oxazole rings is 1. The number of Topliss-reactive ketones (excluding diaryl/α,β-unsaturated/α-hetero) is 2. The Morgan fingerprint density at radius 2 is 1.40 bits per heavy atom. The summed E-state index contributed by atoms with van der Waals surface area (Å²) in [5.41, 5.74) is 27.9. The van der Waals surface area contributed by atoms with Gasteiger partial charge in [-0.25, -0.2) is 19.4 Å². The summed E-state index contributed by atoms with van der Waals surface area (Å²) in [6.07, 6.45) is 25.8. The van der Waals surface area contributed by atoms with Crippen molar-refractivity contribution in [1.82, 2.24) is 49.6 Å². The fourth-order valence-corrected chi connectivity index (χ4v) is 19.1. The number of piperidine rings is 3. The zero-order valence-electron chi connectivity index (χ0n) is 75.8. The molecule has 6 aliphatic heterocycles. The predicted molar refractivity (Wildman–Crippen MR) is 483 cm³/mol. The molecule has 5 aromatic rings. The molecule has 8 N–H and O–H groups in total. The van der Waals surface area contributed by atoms with Crippen molar-refractivity contribution in [3.8, 4) is 11.3 Å². The van der Waals surface area contributed by atoms with Crippen LogP contribution < -0.4 is 22.5 Å². The Hall–Kier alpha value is -8.44. The first-order valence-electron chi connectivity index (χ1n) is 46.9. The average molecular weight is 1770 g/mol. The van der Waals surface area contributed by atoms with Gasteiger partial charge in [-0.15, -0.1) is 0 Å². The quantitative estimate of drug-likeness (QED) is 0.0156. The maximum atomic E-state index is 14.3. The number of fused-ring (bicyclic) bond motifs is 6. The summed E-state index contributed by atoms with van der Waals surface area (Å²) in [7, 11) is 1.68. The Morgan fingerprint density at radius 3 is 2.13 bits per heavy atom. The zero-order chi connectivity index (χ0) is 89.6. The smallest absolute Gasteiger partial charge is 0.407 e. The topological polar surface area (TPSA) is 388 Å². The minimum absolute atomic E-state index is 0.00642. The number of nitrogen functional groups attached to an aromatic ring is 2. The van der Waals surface area contributed by atoms with E-state index in [2.05, 4.69) is 69.4 Å². The van der Waals surface area contributed by atoms with Crippen molar-refractivity contribution in [2.45, 2.75) is 244 Å². The summed E-state index contributed by atoms with van der Waals surface area (Å²) < 4.78 is 66.4. The number of nitrogens with zero attached hydrogens (tertiary/aromatic N) is 9. The number of methoxy groups -OCH3 is 1. The maximum Gasteiger partial charge on any atom is 0.407 e. The Balaban J connectivity index is 0.454. The highest BCUT2D eigenvalue weighted by Crippen LogP contribution is 2.37. The third-order valence-corrected chi connectivity index (χ3v) is 26.5. The minimum Gasteiger partial charge on any atom is -0.446 e. The number of aliphatic hydroxyl groups is 1. The molecule has 31 heteroatoms. The van der Waals surface area contributed by atoms with Gasteiger partial charge in [-0.05, 0) is 213 Å². The summed E-state index contributed by atoms with van der Waals surface area (Å²) in [4.78, 5) is 103. The number of benzene rings is 2. The normalized spacial score (nSPS) is 25.9. The van der Waals surface area contributed by atoms with Crippen molar-refractivity contribution in [2.75, 3.05) is 150 Å². The van der Waals surface area contributed by atoms with E-state index in [1.807, 2.05) is 77.8 Å². The van der Waals surface area contributed by atoms with Gasteiger partial charge in [0.15, 0.2) is 11.2 Å². The SMILES string of the molecule is CO[C@H]1CC2CCCC(O2)C(=O)C(=O)N2CCCC[C@H]2CO[C@H]([C@H](N)CC2CCC(OC(=O)NCCOCCOCCOCCOCCOCCOCCC(=O)N3CCC(N4CCC(C(=O)N5CCc6cc(Cn7nc(-c8ccc9oc(N)nc9c8)c8c(N)ncnc87)ccc6C5)CC4)CC3)CC2)CCC(C)/C=C(\C)[C@@H](O)CC(=O)[C@H](C)C[C@H](C)/C=C/C=CC=C1C. The number of likely N-dealkylation sites (tertiary alicyclic amines) is 2. The number of aliphatic hydroxyl groups excluding tert-OH is 1. The number of carbonyl (C=O) groups excluding carboxylic acids is 6. The molecular formula is C96H141N13O18. The lowest BCUT2D eigenvalue weighted by molar-refractivity contribution is -0.159. The van der Waals surface area contributed by atoms with E-state index in [-0.39, 0.29) is 103 Å². The van der Waals surface area contributed by atoms with Crippen molar-refractivity contribution in [1.29, 1.82) is 0 Å². The number of aromatic nitrogens is 5. The first-order chi connectivity index (χ1) is 61.6. The second-order valence-corrected chi connectivity index (χ2v) is 36.0. The number of hydrogen-bond acceptors (Lipinski definition) is 26. The van der Waals surface area contributed by atoms with Gasteiger partial charge in [0.2, 0.25) is 17.6 Å². The van der Waals surface area contributed by atoms with Gasteiger partial charge in [0, 0.05) is 88.7 Å². The Morgan fingerprint density at radius 1 is 0.685 bits per heavy atom. The van der Waals surface area contributed by atoms with Gasteiger partial charge < -0.3 is 99.0 Å². The molecule has 698 valence electrons. The van der Waals surface area contributed by atoms with E-state index in [1.54, 1.807) is 12.0 Å². The minimum atomic E-state index is -0.893. The van der Waals surface area contributed by atoms with E-state index in [0.29, 0.717) is 216 Å². The third kappa shape index (κ3) is 29.3. The van der Waals surface area contributed by atoms with Crippen LogP contribution in [0.25, 0.3) is 33.4 Å². The molecule has 7 aliphatic rings. The molecule has 1 aliphatic carbocycles. The highest BCUT2D eigenvalue weighted by Gasteiger charge is 2.41. The van der Waals surface area contributed by atoms with Crippen LogP contribution in [0.5, 0.6) is 0 Å². The van der Waals surface area contributed by atoms with Crippen molar-refractivity contribution in [3.63, 3.8) is 0 Å². The molecule has 1 saturated carbocycles. The standard InChI is InChI=1S/C96H141N13O18/c1-64-13-8-7-9-14-66(3)86(117-6)58-78-16-12-17-85(125-78)90(113)94(115)108-35-11-10-15-76(108)62-124-83(26-18-65(2)54-68(5)82(111)59-81(110)67(4)53-64)79(97)56-69-20-24-77(25-21-69)126-96(116)100-34-42-119-44-46-121-48-50-123-52-51-122-49-47-120-45-43-118-41-33-87(112)106-39-31-75(32-40-106)105-36-28-71(29-37-105)93(114)107-38-30-72-55-70(19-22-74(72)61-107)60-109-92-88(91(98)101-63-102-92)89(104-109)73-23-27-84-80(57-73)103-95(99)127-84/h7-9,13-14,19,22-23,27,54-55,57,63-65,67,69,71,75-79,82-83,85-86,111H,10-12,15-18,20-21,24-26,28-53,56,58-62,97H2,1-6H3,(H2,99,103)(H,100,116)(H2,98,101,102)/b9-7?,13-8+,66-14?,68-54+/t64-,65?,67-,69?,76+,77?,78?,79-,82+,83+,85?,86+/m1/s1. The highest BCUT2D eigenvalue weighted by molar-refractivity contribution is 6.38. The largest absolute Gasteiger partial charge is 0.446 e. The van der Waals surface area contributed by atoms with Crippen molar-refractivity contribution in [2.24, 2.45) is 35.3 Å². The average Bonchev–Trinajstić information content (AvgIpc) is 1.61. The van der Waals surface area contributed by atoms with Crippen LogP contribution in [0, 0.1) is 29.6 Å². The summed E-state index contributed by atoms with van der Waals surface area (Å²) in [6.45, 7) is 20.6. The first kappa shape index (κ1) is 97.6. The molecule has 3 aromatic heterocycles. The number of carbonyl (C=O) groups is 6. The Kier molecular flexibility index (Phi) is 38.5. The number of allylic oxidation sites excluding steroid dienone is 6. The van der Waals surface area contributed by atoms with Crippen LogP contribution in [0.1, 0.15) is 186 Å². The van der Waals surface area contributed by atoms with Crippen LogP contribution in [-0.4, -0.2) is 278 Å². The number of nitrogens with two attached hydrogens (primary N) is 3. The highest BCUT2D eigenvalue weighted by atomic mass is 16.6. The number of alkyl carbamates (subject to hydrolysis) is 1. The summed E-state index contributed by atoms with van der Waals surface area (Å²) in [5.74, 6) is -0.0276. The summed E-state index contributed by atoms with van der Waals surface area (Å²) in [6, 6.07) is 11.9. The van der Waals surface area contributed by atoms with E-state index in [9.17, 15) is 33.9 Å². The molecule has 2 bridgehead atoms. The van der Waals surface area contributed by atoms with Crippen LogP contribution in [-0.2, 0) is 90.9 Å². The fraction of sp³-hybridized carbons (Fsp3) is 0.667. The molecule has 4 amide bonds. The molecule has 10 atom stereocenters. The predicted octanol–water partition coefficient (Wildman–Crippen LogP) is 11.0. The van der Waals surface area contributed by atoms with E-state index < -0.39 is 30.0 Å². The lowest BCUT2D eigenvalue weighted by Gasteiger charge is -2.42. The van der Waals surface area contributed by atoms with Gasteiger partial charge >= 0.3 is 6.09 Å². The van der Waals surface area contributed by atoms with Gasteiger partial charge in [-0.3, -0.25) is 24.0 Å². The van der Waals surface area contributed by atoms with E-state index in [0.717, 1.165) is 119 Å². The first-order valence-corrected chi connectivity index (χ1v) is 46.9. The summed E-state index contributed by atoms with van der Waals surface area (Å²) >= 11 is 0. The number of nitrogens with one attached hydrogen (secondary N) is 1. The van der Waals surface area contributed by atoms with E-state index in [4.69, 9.17) is 74.1 Å². The van der Waals surface area contributed by atoms with Crippen LogP contribution in [0.2, 0.25) is 0 Å². The van der Waals surface area contributed by atoms with Crippen LogP contribution in [0.15, 0.2) is 94.7 Å². The van der Waals surface area contributed by atoms with Gasteiger partial charge in [-0.2, -0.15) is 10.1 Å². The van der Waals surface area contributed by atoms with Gasteiger partial charge in [0.05, 0.1) is 135 Å². The van der Waals surface area contributed by atoms with Gasteiger partial charge in [0.1, 0.15) is 41.3 Å². The monoisotopic (exact) mass is 1760 g/mol. The summed E-state index contributed by atoms with van der Waals surface area (Å²) in [5, 5.41) is 19.8. The van der Waals surface area contributed by atoms with Crippen LogP contribution >= 0.6 is 0 Å². The number of rotatable bonds is 31. The molecule has 5 fully saturated rings. The van der Waals surface area contributed by atoms with Crippen molar-refractivity contribution in [3.05, 3.63) is 107 Å². The Bertz CT molecular complexity index is 4470. The van der Waals surface area contributed by atoms with E-state index >= 15 is 0 Å². The fourth-order valence-electron chi connectivity index (χ4n) is 19.1. The van der Waals surface area contributed by atoms with Crippen LogP contribution in [0.3, 0.4) is 0 Å². The molecule has 0 spiro atoms. The van der Waals surface area contributed by atoms with Gasteiger partial charge in [-0.1, -0.05) is 75.4 Å². The van der Waals surface area contributed by atoms with Crippen molar-refractivity contribution >= 4 is 69.3 Å². The number of ether oxygens (including phenoxy) is 10. The molecular weight excluding hydrogens is 1620 g/mol. The Labute approximate surface area is 748 Å². The lowest BCUT2D eigenvalue weighted by Crippen LogP contribution is -2.53. The molecule has 12 rings (SSSR count). The molecule has 2 aromatic carbocycles. The second-order valence-electron chi connectivity index (χ2n) is 36.0. The number of anilines is 2. The number of amides is 4. The molecule has 3 unspecified atom stereocenters. The maximum absolute atomic E-state index is 14.3. The third-order valence-electron chi connectivity index (χ3n) is 26.5. The zero-order valence-corrected chi connectivity index (χ0v) is 75.8. The second kappa shape index (κ2) is 50.1. The van der Waals surface area contributed by atoms with Crippen molar-refractivity contribution < 1.29 is 85.7 Å². The number of hydrogen-bond donors (Lipinski definition) is 5. The molecule has 4 saturated heterocycles.